The van der Waals surface area contributed by atoms with Crippen molar-refractivity contribution in [2.24, 2.45) is 5.92 Å². The van der Waals surface area contributed by atoms with Gasteiger partial charge in [-0.2, -0.15) is 0 Å². The van der Waals surface area contributed by atoms with Gasteiger partial charge in [0, 0.05) is 44.5 Å². The van der Waals surface area contributed by atoms with E-state index in [0.717, 1.165) is 11.1 Å². The molecule has 0 aliphatic carbocycles. The Hall–Kier alpha value is -3.19. The van der Waals surface area contributed by atoms with Crippen LogP contribution >= 0.6 is 0 Å². The number of nitrogens with zero attached hydrogens (tertiary/aromatic N) is 1. The Labute approximate surface area is 201 Å². The lowest BCUT2D eigenvalue weighted by atomic mass is 9.88. The highest BCUT2D eigenvalue weighted by Gasteiger charge is 2.34. The van der Waals surface area contributed by atoms with Crippen LogP contribution in [0.4, 0.5) is 0 Å². The average Bonchev–Trinajstić information content (AvgIpc) is 2.85. The monoisotopic (exact) mass is 465 g/mol. The molecule has 0 aromatic heterocycles. The molecule has 1 aliphatic heterocycles. The number of carbonyl (C=O) groups is 3. The number of amides is 3. The normalized spacial score (nSPS) is 15.0. The second-order valence-electron chi connectivity index (χ2n) is 8.90. The smallest absolute Gasteiger partial charge is 0.253 e. The van der Waals surface area contributed by atoms with E-state index < -0.39 is 6.04 Å². The van der Waals surface area contributed by atoms with Gasteiger partial charge < -0.3 is 20.3 Å². The number of likely N-dealkylation sites (tertiary alicyclic amines) is 1. The molecule has 2 aromatic rings. The van der Waals surface area contributed by atoms with Crippen LogP contribution in [0, 0.1) is 19.8 Å². The molecule has 1 unspecified atom stereocenters. The number of hydrogen-bond acceptors (Lipinski definition) is 4. The molecule has 7 heteroatoms. The van der Waals surface area contributed by atoms with E-state index in [1.165, 1.54) is 0 Å². The van der Waals surface area contributed by atoms with Gasteiger partial charge in [-0.1, -0.05) is 35.9 Å². The van der Waals surface area contributed by atoms with Crippen molar-refractivity contribution in [1.29, 1.82) is 0 Å². The van der Waals surface area contributed by atoms with Gasteiger partial charge in [0.1, 0.15) is 6.04 Å². The van der Waals surface area contributed by atoms with Crippen LogP contribution in [0.2, 0.25) is 0 Å². The van der Waals surface area contributed by atoms with Crippen LogP contribution in [-0.4, -0.2) is 62.0 Å². The molecule has 7 nitrogen and oxygen atoms in total. The first kappa shape index (κ1) is 25.4. The second-order valence-corrected chi connectivity index (χ2v) is 8.90. The Morgan fingerprint density at radius 3 is 2.47 bits per heavy atom. The molecule has 1 heterocycles. The summed E-state index contributed by atoms with van der Waals surface area (Å²) in [4.78, 5) is 40.9. The van der Waals surface area contributed by atoms with Gasteiger partial charge in [-0.15, -0.1) is 0 Å². The van der Waals surface area contributed by atoms with Crippen LogP contribution in [-0.2, 0) is 9.53 Å². The van der Waals surface area contributed by atoms with Gasteiger partial charge in [0.15, 0.2) is 0 Å². The summed E-state index contributed by atoms with van der Waals surface area (Å²) in [6, 6.07) is 14.3. The number of hydrogen-bond donors (Lipinski definition) is 2. The van der Waals surface area contributed by atoms with Gasteiger partial charge in [-0.05, 0) is 62.8 Å². The number of carbonyl (C=O) groups excluding carboxylic acids is 3. The van der Waals surface area contributed by atoms with Gasteiger partial charge in [0.05, 0.1) is 0 Å². The largest absolute Gasteiger partial charge is 0.385 e. The fraction of sp³-hybridized carbons (Fsp3) is 0.444. The lowest BCUT2D eigenvalue weighted by Gasteiger charge is -2.36. The van der Waals surface area contributed by atoms with Crippen LogP contribution in [0.15, 0.2) is 48.5 Å². The third-order valence-electron chi connectivity index (χ3n) is 6.35. The van der Waals surface area contributed by atoms with E-state index in [1.54, 1.807) is 13.2 Å². The number of nitrogens with one attached hydrogen (secondary N) is 2. The van der Waals surface area contributed by atoms with Crippen molar-refractivity contribution in [3.05, 3.63) is 70.8 Å². The standard InChI is InChI=1S/C27H35N3O4/c1-19-8-6-10-22(18-19)27(33)30-15-12-21(13-16-30)24(26(32)28-14-7-17-34-3)29-25(31)23-11-5-4-9-20(23)2/h4-6,8-11,18,21,24H,7,12-17H2,1-3H3,(H,28,32)(H,29,31). The summed E-state index contributed by atoms with van der Waals surface area (Å²) in [7, 11) is 1.62. The highest BCUT2D eigenvalue weighted by molar-refractivity contribution is 5.98. The lowest BCUT2D eigenvalue weighted by molar-refractivity contribution is -0.124. The molecule has 1 atom stereocenters. The van der Waals surface area contributed by atoms with Gasteiger partial charge in [-0.3, -0.25) is 14.4 Å². The molecule has 0 spiro atoms. The van der Waals surface area contributed by atoms with Crippen LogP contribution in [0.1, 0.15) is 51.1 Å². The van der Waals surface area contributed by atoms with Crippen LogP contribution in [0.3, 0.4) is 0 Å². The number of ether oxygens (including phenoxy) is 1. The van der Waals surface area contributed by atoms with Gasteiger partial charge in [0.2, 0.25) is 5.91 Å². The van der Waals surface area contributed by atoms with Crippen LogP contribution < -0.4 is 10.6 Å². The Bertz CT molecular complexity index is 999. The molecular formula is C27H35N3O4. The number of methoxy groups -OCH3 is 1. The van der Waals surface area contributed by atoms with E-state index in [-0.39, 0.29) is 23.6 Å². The maximum Gasteiger partial charge on any atom is 0.253 e. The van der Waals surface area contributed by atoms with Crippen LogP contribution in [0.25, 0.3) is 0 Å². The fourth-order valence-corrected chi connectivity index (χ4v) is 4.38. The minimum Gasteiger partial charge on any atom is -0.385 e. The van der Waals surface area contributed by atoms with Crippen molar-refractivity contribution >= 4 is 17.7 Å². The molecule has 2 N–H and O–H groups in total. The molecule has 3 rings (SSSR count). The highest BCUT2D eigenvalue weighted by Crippen LogP contribution is 2.23. The molecule has 34 heavy (non-hydrogen) atoms. The third kappa shape index (κ3) is 6.67. The van der Waals surface area contributed by atoms with Crippen molar-refractivity contribution in [3.63, 3.8) is 0 Å². The first-order chi connectivity index (χ1) is 16.4. The number of piperidine rings is 1. The zero-order valence-corrected chi connectivity index (χ0v) is 20.3. The summed E-state index contributed by atoms with van der Waals surface area (Å²) in [6.45, 7) is 5.98. The zero-order valence-electron chi connectivity index (χ0n) is 20.3. The van der Waals surface area contributed by atoms with Gasteiger partial charge >= 0.3 is 0 Å². The number of aryl methyl sites for hydroxylation is 2. The van der Waals surface area contributed by atoms with E-state index in [9.17, 15) is 14.4 Å². The summed E-state index contributed by atoms with van der Waals surface area (Å²) < 4.78 is 5.06. The first-order valence-corrected chi connectivity index (χ1v) is 11.9. The van der Waals surface area contributed by atoms with Crippen molar-refractivity contribution in [2.45, 2.75) is 39.2 Å². The van der Waals surface area contributed by atoms with Crippen molar-refractivity contribution in [3.8, 4) is 0 Å². The summed E-state index contributed by atoms with van der Waals surface area (Å²) >= 11 is 0. The second kappa shape index (κ2) is 12.3. The number of benzene rings is 2. The zero-order chi connectivity index (χ0) is 24.5. The van der Waals surface area contributed by atoms with Crippen molar-refractivity contribution in [2.75, 3.05) is 33.4 Å². The maximum atomic E-state index is 13.1. The summed E-state index contributed by atoms with van der Waals surface area (Å²) in [5.41, 5.74) is 3.15. The van der Waals surface area contributed by atoms with Gasteiger partial charge in [-0.25, -0.2) is 0 Å². The number of rotatable bonds is 9. The van der Waals surface area contributed by atoms with Crippen molar-refractivity contribution in [1.82, 2.24) is 15.5 Å². The molecule has 3 amide bonds. The van der Waals surface area contributed by atoms with Crippen LogP contribution in [0.5, 0.6) is 0 Å². The molecule has 0 saturated carbocycles. The summed E-state index contributed by atoms with van der Waals surface area (Å²) in [6.07, 6.45) is 1.98. The Kier molecular flexibility index (Phi) is 9.22. The molecule has 0 bridgehead atoms. The lowest BCUT2D eigenvalue weighted by Crippen LogP contribution is -2.54. The third-order valence-corrected chi connectivity index (χ3v) is 6.35. The Morgan fingerprint density at radius 2 is 1.79 bits per heavy atom. The topological polar surface area (TPSA) is 87.7 Å². The summed E-state index contributed by atoms with van der Waals surface area (Å²) in [5, 5.41) is 5.92. The molecular weight excluding hydrogens is 430 g/mol. The van der Waals surface area contributed by atoms with E-state index >= 15 is 0 Å². The first-order valence-electron chi connectivity index (χ1n) is 11.9. The predicted octanol–water partition coefficient (Wildman–Crippen LogP) is 3.11. The molecule has 0 radical (unpaired) electrons. The molecule has 182 valence electrons. The highest BCUT2D eigenvalue weighted by atomic mass is 16.5. The fourth-order valence-electron chi connectivity index (χ4n) is 4.38. The Balaban J connectivity index is 1.68. The molecule has 1 aliphatic rings. The van der Waals surface area contributed by atoms with Crippen molar-refractivity contribution < 1.29 is 19.1 Å². The minimum atomic E-state index is -0.661. The average molecular weight is 466 g/mol. The quantitative estimate of drug-likeness (QED) is 0.557. The summed E-state index contributed by atoms with van der Waals surface area (Å²) in [5.74, 6) is -0.501. The minimum absolute atomic E-state index is 0.00617. The maximum absolute atomic E-state index is 13.1. The SMILES string of the molecule is COCCCNC(=O)C(NC(=O)c1ccccc1C)C1CCN(C(=O)c2cccc(C)c2)CC1. The van der Waals surface area contributed by atoms with E-state index in [1.807, 2.05) is 61.2 Å². The van der Waals surface area contributed by atoms with E-state index in [2.05, 4.69) is 10.6 Å². The Morgan fingerprint density at radius 1 is 1.06 bits per heavy atom. The predicted molar refractivity (Wildman–Crippen MR) is 132 cm³/mol. The van der Waals surface area contributed by atoms with E-state index in [4.69, 9.17) is 4.74 Å². The van der Waals surface area contributed by atoms with Gasteiger partial charge in [0.25, 0.3) is 11.8 Å². The molecule has 1 saturated heterocycles. The molecule has 1 fully saturated rings. The molecule has 2 aromatic carbocycles. The van der Waals surface area contributed by atoms with E-state index in [0.29, 0.717) is 56.6 Å².